The van der Waals surface area contributed by atoms with E-state index in [9.17, 15) is 19.2 Å². The molecule has 73 heavy (non-hydrogen) atoms. The molecule has 3 saturated heterocycles. The smallest absolute Gasteiger partial charge is 0.264 e. The molecule has 3 fully saturated rings. The Hall–Kier alpha value is -6.30. The first-order chi connectivity index (χ1) is 35.5. The molecule has 17 heteroatoms. The number of aromatic nitrogens is 4. The molecule has 6 aliphatic rings. The normalized spacial score (nSPS) is 20.2. The van der Waals surface area contributed by atoms with Crippen LogP contribution in [0.3, 0.4) is 0 Å². The van der Waals surface area contributed by atoms with E-state index < -0.39 is 30.2 Å². The molecule has 11 rings (SSSR count). The predicted molar refractivity (Wildman–Crippen MR) is 278 cm³/mol. The van der Waals surface area contributed by atoms with E-state index in [2.05, 4.69) is 59.0 Å². The van der Waals surface area contributed by atoms with Crippen molar-refractivity contribution in [2.24, 2.45) is 5.92 Å². The lowest BCUT2D eigenvalue weighted by molar-refractivity contribution is -0.128. The number of rotatable bonds is 13. The highest BCUT2D eigenvalue weighted by Gasteiger charge is 2.45. The fourth-order valence-electron chi connectivity index (χ4n) is 12.5. The molecule has 6 aliphatic heterocycles. The monoisotopic (exact) mass is 999 g/mol. The van der Waals surface area contributed by atoms with E-state index in [1.165, 1.54) is 11.3 Å². The summed E-state index contributed by atoms with van der Waals surface area (Å²) in [7, 11) is 2.14. The number of nitrogens with one attached hydrogen (secondary N) is 1. The highest BCUT2D eigenvalue weighted by molar-refractivity contribution is 6.25. The maximum atomic E-state index is 15.6. The van der Waals surface area contributed by atoms with E-state index in [4.69, 9.17) is 9.84 Å². The van der Waals surface area contributed by atoms with Gasteiger partial charge >= 0.3 is 0 Å². The van der Waals surface area contributed by atoms with E-state index >= 15 is 8.78 Å². The van der Waals surface area contributed by atoms with Gasteiger partial charge in [0.25, 0.3) is 18.2 Å². The Labute approximate surface area is 426 Å². The minimum Gasteiger partial charge on any atom is -0.381 e. The molecule has 4 amide bonds. The van der Waals surface area contributed by atoms with Gasteiger partial charge in [-0.3, -0.25) is 39.1 Å². The number of anilines is 3. The molecule has 0 aliphatic carbocycles. The van der Waals surface area contributed by atoms with Gasteiger partial charge in [-0.25, -0.2) is 8.78 Å². The van der Waals surface area contributed by atoms with Gasteiger partial charge in [0, 0.05) is 130 Å². The van der Waals surface area contributed by atoms with Crippen LogP contribution in [0.4, 0.5) is 26.0 Å². The van der Waals surface area contributed by atoms with Crippen LogP contribution in [0.15, 0.2) is 67.6 Å². The summed E-state index contributed by atoms with van der Waals surface area (Å²) in [5, 5.41) is 8.33. The number of alkyl halides is 2. The zero-order valence-electron chi connectivity index (χ0n) is 42.4. The molecule has 386 valence electrons. The van der Waals surface area contributed by atoms with Crippen molar-refractivity contribution in [1.29, 1.82) is 0 Å². The van der Waals surface area contributed by atoms with E-state index in [0.717, 1.165) is 142 Å². The first-order valence-electron chi connectivity index (χ1n) is 26.4. The van der Waals surface area contributed by atoms with Gasteiger partial charge in [-0.05, 0) is 113 Å². The quantitative estimate of drug-likeness (QED) is 0.0689. The van der Waals surface area contributed by atoms with Gasteiger partial charge in [0.15, 0.2) is 5.82 Å². The SMILES string of the molecule is C=CC.CCCC(C(=O)NC=O)N1C(=O)c2cccc(N3CCC(CN4CC[C@@H](n5cc(-c6cc7c(cc6C(F)F)N(c6nn(C8CCOCC8)c8c6CN(C)CC8)CCC7)c6cnccc65)C4)CC3)c2C1=O. The topological polar surface area (TPSA) is 141 Å². The molecule has 3 aromatic heterocycles. The Morgan fingerprint density at radius 3 is 2.49 bits per heavy atom. The van der Waals surface area contributed by atoms with Gasteiger partial charge in [-0.1, -0.05) is 25.5 Å². The molecule has 9 heterocycles. The summed E-state index contributed by atoms with van der Waals surface area (Å²) in [6, 6.07) is 10.5. The minimum atomic E-state index is -2.69. The molecule has 0 radical (unpaired) electrons. The number of nitrogens with zero attached hydrogens (tertiary/aromatic N) is 9. The Morgan fingerprint density at radius 1 is 0.945 bits per heavy atom. The highest BCUT2D eigenvalue weighted by atomic mass is 19.3. The fraction of sp³-hybridized carbons (Fsp3) is 0.500. The summed E-state index contributed by atoms with van der Waals surface area (Å²) in [4.78, 5) is 66.2. The number of amides is 4. The molecule has 2 aromatic carbocycles. The molecule has 0 bridgehead atoms. The van der Waals surface area contributed by atoms with Gasteiger partial charge in [-0.15, -0.1) is 6.58 Å². The van der Waals surface area contributed by atoms with Gasteiger partial charge in [0.1, 0.15) is 6.04 Å². The fourth-order valence-corrected chi connectivity index (χ4v) is 12.5. The number of likely N-dealkylation sites (tertiary alicyclic amines) is 1. The highest BCUT2D eigenvalue weighted by Crippen LogP contribution is 2.46. The van der Waals surface area contributed by atoms with E-state index in [-0.39, 0.29) is 36.0 Å². The molecule has 0 spiro atoms. The van der Waals surface area contributed by atoms with Crippen molar-refractivity contribution >= 4 is 52.2 Å². The lowest BCUT2D eigenvalue weighted by atomic mass is 9.91. The molecule has 0 saturated carbocycles. The number of piperidine rings is 1. The standard InChI is InChI=1S/C53H62F2N10O5.C3H6/c1-3-6-46(51(67)57-32-66)64-52(68)37-8-4-9-45(48(37)53(64)69)61-21-11-33(12-22-61)28-60-20-13-36(29-60)63-31-41(40-27-56-17-10-43(40)63)38-25-34-7-5-18-62(47(34)26-39(38)49(54)55)50-42-30-59(2)19-14-44(42)65(58-50)35-15-23-70-24-16-35;1-3-2/h4,8-10,17,25-27,31-33,35-36,46,49H,3,5-7,11-16,18-24,28-30H2,1-2H3,(H,57,66,67);3H,1H2,2H3/t36-,46?;/m1./s1. The molecule has 1 N–H and O–H groups in total. The van der Waals surface area contributed by atoms with Crippen LogP contribution in [0.2, 0.25) is 0 Å². The maximum absolute atomic E-state index is 15.6. The van der Waals surface area contributed by atoms with E-state index in [0.29, 0.717) is 42.2 Å². The summed E-state index contributed by atoms with van der Waals surface area (Å²) in [6.45, 7) is 15.1. The molecule has 15 nitrogen and oxygen atoms in total. The lowest BCUT2D eigenvalue weighted by Gasteiger charge is -2.36. The van der Waals surface area contributed by atoms with Crippen molar-refractivity contribution in [3.8, 4) is 11.1 Å². The van der Waals surface area contributed by atoms with Crippen LogP contribution in [0.1, 0.15) is 127 Å². The van der Waals surface area contributed by atoms with Gasteiger partial charge in [0.2, 0.25) is 12.3 Å². The Kier molecular flexibility index (Phi) is 14.9. The summed E-state index contributed by atoms with van der Waals surface area (Å²) in [6.07, 6.45) is 13.0. The number of carbonyl (C=O) groups excluding carboxylic acids is 4. The minimum absolute atomic E-state index is 0.0271. The second-order valence-corrected chi connectivity index (χ2v) is 20.6. The molecular formula is C56H68F2N10O5. The van der Waals surface area contributed by atoms with Crippen molar-refractivity contribution in [2.75, 3.05) is 75.9 Å². The van der Waals surface area contributed by atoms with Crippen molar-refractivity contribution in [3.63, 3.8) is 0 Å². The van der Waals surface area contributed by atoms with Gasteiger partial charge in [-0.2, -0.15) is 5.10 Å². The molecule has 1 unspecified atom stereocenters. The molecule has 5 aromatic rings. The van der Waals surface area contributed by atoms with Gasteiger partial charge in [0.05, 0.1) is 28.4 Å². The number of allylic oxidation sites excluding steroid dienone is 1. The zero-order valence-corrected chi connectivity index (χ0v) is 42.4. The number of pyridine rings is 1. The third-order valence-electron chi connectivity index (χ3n) is 16.0. The van der Waals surface area contributed by atoms with Crippen molar-refractivity contribution in [2.45, 2.75) is 109 Å². The number of halogens is 2. The van der Waals surface area contributed by atoms with Gasteiger partial charge < -0.3 is 28.9 Å². The first kappa shape index (κ1) is 50.2. The molecule has 2 atom stereocenters. The zero-order chi connectivity index (χ0) is 50.9. The number of hydrogen-bond acceptors (Lipinski definition) is 11. The van der Waals surface area contributed by atoms with E-state index in [1.807, 2.05) is 38.2 Å². The maximum Gasteiger partial charge on any atom is 0.264 e. The van der Waals surface area contributed by atoms with Crippen molar-refractivity contribution in [1.82, 2.24) is 39.3 Å². The average Bonchev–Trinajstić information content (AvgIpc) is 4.18. The number of ether oxygens (including phenoxy) is 1. The van der Waals surface area contributed by atoms with Crippen LogP contribution >= 0.6 is 0 Å². The lowest BCUT2D eigenvalue weighted by Crippen LogP contribution is -2.49. The second kappa shape index (κ2) is 21.7. The average molecular weight is 999 g/mol. The van der Waals surface area contributed by atoms with Crippen molar-refractivity contribution in [3.05, 3.63) is 101 Å². The first-order valence-corrected chi connectivity index (χ1v) is 26.4. The second-order valence-electron chi connectivity index (χ2n) is 20.6. The van der Waals surface area contributed by atoms with Crippen LogP contribution in [0.5, 0.6) is 0 Å². The Balaban J connectivity index is 0.00000199. The van der Waals surface area contributed by atoms with Crippen LogP contribution in [0, 0.1) is 5.92 Å². The Morgan fingerprint density at radius 2 is 1.74 bits per heavy atom. The van der Waals surface area contributed by atoms with E-state index in [1.54, 1.807) is 30.5 Å². The number of likely N-dealkylation sites (N-methyl/N-ethyl adjacent to an activating group) is 1. The molecular weight excluding hydrogens is 931 g/mol. The Bertz CT molecular complexity index is 2880. The third-order valence-corrected chi connectivity index (χ3v) is 16.0. The largest absolute Gasteiger partial charge is 0.381 e. The predicted octanol–water partition coefficient (Wildman–Crippen LogP) is 8.65. The summed E-state index contributed by atoms with van der Waals surface area (Å²) < 4.78 is 41.4. The van der Waals surface area contributed by atoms with Crippen LogP contribution in [-0.2, 0) is 33.7 Å². The van der Waals surface area contributed by atoms with Crippen LogP contribution in [0.25, 0.3) is 22.0 Å². The van der Waals surface area contributed by atoms with Crippen LogP contribution < -0.4 is 15.1 Å². The third kappa shape index (κ3) is 9.59. The number of carbonyl (C=O) groups is 4. The number of fused-ring (bicyclic) bond motifs is 4. The summed E-state index contributed by atoms with van der Waals surface area (Å²) in [5.41, 5.74) is 8.05. The summed E-state index contributed by atoms with van der Waals surface area (Å²) >= 11 is 0. The summed E-state index contributed by atoms with van der Waals surface area (Å²) in [5.74, 6) is -0.355. The number of hydrogen-bond donors (Lipinski definition) is 1. The number of benzene rings is 2. The number of aryl methyl sites for hydroxylation is 1. The number of imide groups is 2. The van der Waals surface area contributed by atoms with Crippen molar-refractivity contribution < 1.29 is 32.7 Å². The van der Waals surface area contributed by atoms with Crippen LogP contribution in [-0.4, -0.2) is 130 Å².